The topological polar surface area (TPSA) is 146 Å². The van der Waals surface area contributed by atoms with Gasteiger partial charge in [-0.2, -0.15) is 0 Å². The highest BCUT2D eigenvalue weighted by atomic mass is 16.4. The SMILES string of the molecule is Cc1cc(O)c2c(C)c(CC(=O)NCC(=O)N[C@@H](C(=O)O)C(C)C)c(=O)oc2c1. The molecule has 0 aliphatic rings. The molecule has 0 aliphatic heterocycles. The van der Waals surface area contributed by atoms with Crippen molar-refractivity contribution in [3.63, 3.8) is 0 Å². The second-order valence-corrected chi connectivity index (χ2v) is 7.23. The summed E-state index contributed by atoms with van der Waals surface area (Å²) in [4.78, 5) is 47.5. The number of carbonyl (C=O) groups excluding carboxylic acids is 2. The summed E-state index contributed by atoms with van der Waals surface area (Å²) in [6.07, 6.45) is -0.350. The molecule has 2 amide bonds. The first-order valence-corrected chi connectivity index (χ1v) is 9.06. The molecule has 0 bridgehead atoms. The molecule has 1 atom stereocenters. The van der Waals surface area contributed by atoms with E-state index < -0.39 is 36.0 Å². The number of amides is 2. The van der Waals surface area contributed by atoms with E-state index in [0.29, 0.717) is 10.9 Å². The molecule has 0 saturated heterocycles. The minimum Gasteiger partial charge on any atom is -0.507 e. The lowest BCUT2D eigenvalue weighted by molar-refractivity contribution is -0.143. The largest absolute Gasteiger partial charge is 0.507 e. The number of hydrogen-bond acceptors (Lipinski definition) is 6. The van der Waals surface area contributed by atoms with E-state index in [2.05, 4.69) is 10.6 Å². The maximum absolute atomic E-state index is 12.3. The Labute approximate surface area is 166 Å². The molecule has 2 aromatic rings. The Morgan fingerprint density at radius 2 is 1.79 bits per heavy atom. The number of carboxylic acids is 1. The summed E-state index contributed by atoms with van der Waals surface area (Å²) < 4.78 is 5.23. The van der Waals surface area contributed by atoms with Crippen molar-refractivity contribution in [1.82, 2.24) is 10.6 Å². The molecule has 29 heavy (non-hydrogen) atoms. The fourth-order valence-electron chi connectivity index (χ4n) is 3.00. The highest BCUT2D eigenvalue weighted by Gasteiger charge is 2.23. The van der Waals surface area contributed by atoms with Crippen molar-refractivity contribution in [3.8, 4) is 5.75 Å². The third kappa shape index (κ3) is 5.13. The third-order valence-electron chi connectivity index (χ3n) is 4.54. The van der Waals surface area contributed by atoms with Crippen LogP contribution in [0.1, 0.15) is 30.5 Å². The fraction of sp³-hybridized carbons (Fsp3) is 0.400. The van der Waals surface area contributed by atoms with Crippen LogP contribution in [0, 0.1) is 19.8 Å². The van der Waals surface area contributed by atoms with Crippen molar-refractivity contribution in [2.75, 3.05) is 6.54 Å². The lowest BCUT2D eigenvalue weighted by Crippen LogP contribution is -2.48. The zero-order valence-electron chi connectivity index (χ0n) is 16.7. The van der Waals surface area contributed by atoms with Gasteiger partial charge in [-0.1, -0.05) is 13.8 Å². The smallest absolute Gasteiger partial charge is 0.340 e. The van der Waals surface area contributed by atoms with Crippen LogP contribution in [0.4, 0.5) is 0 Å². The fourth-order valence-corrected chi connectivity index (χ4v) is 3.00. The van der Waals surface area contributed by atoms with Gasteiger partial charge in [0.05, 0.1) is 23.9 Å². The Bertz CT molecular complexity index is 1020. The summed E-state index contributed by atoms with van der Waals surface area (Å²) in [5.41, 5.74) is 0.724. The molecule has 0 spiro atoms. The number of hydrogen-bond donors (Lipinski definition) is 4. The monoisotopic (exact) mass is 404 g/mol. The van der Waals surface area contributed by atoms with Gasteiger partial charge in [-0.05, 0) is 43.0 Å². The van der Waals surface area contributed by atoms with E-state index in [4.69, 9.17) is 9.52 Å². The number of rotatable bonds is 7. The van der Waals surface area contributed by atoms with Gasteiger partial charge in [0.2, 0.25) is 11.8 Å². The van der Waals surface area contributed by atoms with Gasteiger partial charge in [-0.25, -0.2) is 9.59 Å². The van der Waals surface area contributed by atoms with Crippen LogP contribution in [0.15, 0.2) is 21.3 Å². The lowest BCUT2D eigenvalue weighted by Gasteiger charge is -2.18. The third-order valence-corrected chi connectivity index (χ3v) is 4.54. The van der Waals surface area contributed by atoms with E-state index >= 15 is 0 Å². The zero-order valence-corrected chi connectivity index (χ0v) is 16.7. The Morgan fingerprint density at radius 3 is 2.38 bits per heavy atom. The van der Waals surface area contributed by atoms with Crippen molar-refractivity contribution in [3.05, 3.63) is 39.2 Å². The predicted octanol–water partition coefficient (Wildman–Crippen LogP) is 1.000. The van der Waals surface area contributed by atoms with Crippen LogP contribution >= 0.6 is 0 Å². The van der Waals surface area contributed by atoms with Gasteiger partial charge in [0.1, 0.15) is 17.4 Å². The molecule has 9 nitrogen and oxygen atoms in total. The predicted molar refractivity (Wildman–Crippen MR) is 105 cm³/mol. The van der Waals surface area contributed by atoms with E-state index in [-0.39, 0.29) is 29.2 Å². The minimum atomic E-state index is -1.17. The van der Waals surface area contributed by atoms with Gasteiger partial charge in [0.25, 0.3) is 0 Å². The molecule has 0 aliphatic carbocycles. The second-order valence-electron chi connectivity index (χ2n) is 7.23. The second kappa shape index (κ2) is 8.76. The van der Waals surface area contributed by atoms with E-state index in [0.717, 1.165) is 5.56 Å². The zero-order chi connectivity index (χ0) is 21.9. The van der Waals surface area contributed by atoms with Gasteiger partial charge in [-0.3, -0.25) is 9.59 Å². The average Bonchev–Trinajstić information content (AvgIpc) is 2.60. The molecule has 0 unspecified atom stereocenters. The molecule has 156 valence electrons. The molecule has 1 aromatic heterocycles. The summed E-state index contributed by atoms with van der Waals surface area (Å²) in [6, 6.07) is 2.07. The molecule has 1 aromatic carbocycles. The Morgan fingerprint density at radius 1 is 1.14 bits per heavy atom. The maximum atomic E-state index is 12.3. The average molecular weight is 404 g/mol. The van der Waals surface area contributed by atoms with Crippen LogP contribution < -0.4 is 16.3 Å². The first-order chi connectivity index (χ1) is 13.5. The maximum Gasteiger partial charge on any atom is 0.340 e. The normalized spacial score (nSPS) is 12.0. The van der Waals surface area contributed by atoms with Crippen LogP contribution in [-0.2, 0) is 20.8 Å². The number of benzene rings is 1. The van der Waals surface area contributed by atoms with E-state index in [1.54, 1.807) is 33.8 Å². The molecule has 2 rings (SSSR count). The lowest BCUT2D eigenvalue weighted by atomic mass is 10.0. The number of carboxylic acid groups (broad SMARTS) is 1. The van der Waals surface area contributed by atoms with E-state index in [9.17, 15) is 24.3 Å². The minimum absolute atomic E-state index is 0.0596. The summed E-state index contributed by atoms with van der Waals surface area (Å²) in [7, 11) is 0. The van der Waals surface area contributed by atoms with Gasteiger partial charge >= 0.3 is 11.6 Å². The van der Waals surface area contributed by atoms with Crippen LogP contribution in [0.2, 0.25) is 0 Å². The molecule has 9 heteroatoms. The molecule has 0 saturated carbocycles. The Balaban J connectivity index is 2.11. The quantitative estimate of drug-likeness (QED) is 0.504. The van der Waals surface area contributed by atoms with Crippen LogP contribution in [0.3, 0.4) is 0 Å². The standard InChI is InChI=1S/C20H24N2O7/c1-9(2)18(19(26)27)22-16(25)8-21-15(24)7-12-11(4)17-13(23)5-10(3)6-14(17)29-20(12)28/h5-6,9,18,23H,7-8H2,1-4H3,(H,21,24)(H,22,25)(H,26,27)/t18-/m1/s1. The molecule has 0 radical (unpaired) electrons. The highest BCUT2D eigenvalue weighted by molar-refractivity contribution is 5.91. The number of phenolic OH excluding ortho intramolecular Hbond substituents is 1. The molecule has 4 N–H and O–H groups in total. The van der Waals surface area contributed by atoms with Crippen molar-refractivity contribution in [2.24, 2.45) is 5.92 Å². The van der Waals surface area contributed by atoms with Crippen molar-refractivity contribution in [1.29, 1.82) is 0 Å². The summed E-state index contributed by atoms with van der Waals surface area (Å²) in [5.74, 6) is -2.82. The van der Waals surface area contributed by atoms with Crippen molar-refractivity contribution in [2.45, 2.75) is 40.2 Å². The number of aromatic hydroxyl groups is 1. The summed E-state index contributed by atoms with van der Waals surface area (Å²) in [5, 5.41) is 24.3. The van der Waals surface area contributed by atoms with Crippen LogP contribution in [0.5, 0.6) is 5.75 Å². The number of phenols is 1. The number of aryl methyl sites for hydroxylation is 2. The highest BCUT2D eigenvalue weighted by Crippen LogP contribution is 2.29. The summed E-state index contributed by atoms with van der Waals surface area (Å²) >= 11 is 0. The first-order valence-electron chi connectivity index (χ1n) is 9.06. The number of fused-ring (bicyclic) bond motifs is 1. The van der Waals surface area contributed by atoms with E-state index in [1.807, 2.05) is 0 Å². The number of nitrogens with one attached hydrogen (secondary N) is 2. The molecular weight excluding hydrogens is 380 g/mol. The molecular formula is C20H24N2O7. The van der Waals surface area contributed by atoms with Crippen LogP contribution in [-0.4, -0.2) is 40.6 Å². The van der Waals surface area contributed by atoms with Crippen LogP contribution in [0.25, 0.3) is 11.0 Å². The summed E-state index contributed by atoms with van der Waals surface area (Å²) in [6.45, 7) is 6.21. The van der Waals surface area contributed by atoms with Gasteiger partial charge in [0.15, 0.2) is 0 Å². The Kier molecular flexibility index (Phi) is 6.63. The first kappa shape index (κ1) is 21.9. The van der Waals surface area contributed by atoms with Gasteiger partial charge in [0, 0.05) is 0 Å². The Hall–Kier alpha value is -3.36. The van der Waals surface area contributed by atoms with E-state index in [1.165, 1.54) is 6.07 Å². The molecule has 0 fully saturated rings. The van der Waals surface area contributed by atoms with Crippen molar-refractivity contribution < 1.29 is 29.0 Å². The number of carbonyl (C=O) groups is 3. The van der Waals surface area contributed by atoms with Crippen molar-refractivity contribution >= 4 is 28.8 Å². The van der Waals surface area contributed by atoms with Gasteiger partial charge in [-0.15, -0.1) is 0 Å². The number of aliphatic carboxylic acids is 1. The molecule has 1 heterocycles. The van der Waals surface area contributed by atoms with Gasteiger partial charge < -0.3 is 25.3 Å².